The van der Waals surface area contributed by atoms with E-state index in [1.807, 2.05) is 0 Å². The van der Waals surface area contributed by atoms with Crippen LogP contribution in [0, 0.1) is 10.1 Å². The molecule has 0 aliphatic carbocycles. The summed E-state index contributed by atoms with van der Waals surface area (Å²) in [4.78, 5) is 17.4. The van der Waals surface area contributed by atoms with Crippen LogP contribution in [0.2, 0.25) is 0 Å². The Morgan fingerprint density at radius 1 is 1.90 bits per heavy atom. The SMILES string of the molecule is COn1cnc([N+](=O)[O-])c1. The van der Waals surface area contributed by atoms with Crippen molar-refractivity contribution in [2.45, 2.75) is 0 Å². The van der Waals surface area contributed by atoms with Gasteiger partial charge in [0.1, 0.15) is 13.3 Å². The van der Waals surface area contributed by atoms with Gasteiger partial charge in [0, 0.05) is 0 Å². The highest BCUT2D eigenvalue weighted by molar-refractivity contribution is 5.11. The Morgan fingerprint density at radius 3 is 2.90 bits per heavy atom. The summed E-state index contributed by atoms with van der Waals surface area (Å²) in [6, 6.07) is 0. The lowest BCUT2D eigenvalue weighted by Crippen LogP contribution is -2.00. The van der Waals surface area contributed by atoms with Gasteiger partial charge in [-0.15, -0.1) is 4.73 Å². The van der Waals surface area contributed by atoms with E-state index in [2.05, 4.69) is 9.82 Å². The lowest BCUT2D eigenvalue weighted by atomic mass is 10.8. The lowest BCUT2D eigenvalue weighted by Gasteiger charge is -1.91. The summed E-state index contributed by atoms with van der Waals surface area (Å²) in [6.45, 7) is 0. The molecular formula is C4H5N3O3. The van der Waals surface area contributed by atoms with Crippen LogP contribution in [0.3, 0.4) is 0 Å². The second kappa shape index (κ2) is 2.34. The Labute approximate surface area is 56.2 Å². The fourth-order valence-corrected chi connectivity index (χ4v) is 0.491. The largest absolute Gasteiger partial charge is 0.414 e. The first kappa shape index (κ1) is 6.53. The summed E-state index contributed by atoms with van der Waals surface area (Å²) in [5.41, 5.74) is 0. The zero-order chi connectivity index (χ0) is 7.56. The predicted octanol–water partition coefficient (Wildman–Crippen LogP) is -0.150. The van der Waals surface area contributed by atoms with Gasteiger partial charge in [-0.3, -0.25) is 0 Å². The first-order chi connectivity index (χ1) is 4.74. The zero-order valence-electron chi connectivity index (χ0n) is 5.22. The minimum atomic E-state index is -0.588. The molecule has 1 aromatic heterocycles. The summed E-state index contributed by atoms with van der Waals surface area (Å²) >= 11 is 0. The van der Waals surface area contributed by atoms with E-state index in [1.54, 1.807) is 0 Å². The van der Waals surface area contributed by atoms with Crippen molar-refractivity contribution in [3.8, 4) is 0 Å². The highest BCUT2D eigenvalue weighted by Gasteiger charge is 2.08. The maximum atomic E-state index is 10.0. The van der Waals surface area contributed by atoms with Gasteiger partial charge in [0.05, 0.1) is 0 Å². The fourth-order valence-electron chi connectivity index (χ4n) is 0.491. The third-order valence-corrected chi connectivity index (χ3v) is 0.944. The molecule has 10 heavy (non-hydrogen) atoms. The maximum Gasteiger partial charge on any atom is 0.385 e. The average molecular weight is 143 g/mol. The molecular weight excluding hydrogens is 138 g/mol. The average Bonchev–Trinajstić information content (AvgIpc) is 2.34. The molecule has 0 spiro atoms. The Bertz CT molecular complexity index is 244. The summed E-state index contributed by atoms with van der Waals surface area (Å²) < 4.78 is 1.15. The number of hydrogen-bond donors (Lipinski definition) is 0. The molecule has 0 saturated heterocycles. The second-order valence-electron chi connectivity index (χ2n) is 1.53. The highest BCUT2D eigenvalue weighted by Crippen LogP contribution is 2.02. The molecule has 1 aromatic rings. The van der Waals surface area contributed by atoms with E-state index < -0.39 is 4.92 Å². The number of nitrogens with zero attached hydrogens (tertiary/aromatic N) is 3. The smallest absolute Gasteiger partial charge is 0.385 e. The van der Waals surface area contributed by atoms with Crippen LogP contribution in [-0.4, -0.2) is 21.7 Å². The van der Waals surface area contributed by atoms with E-state index in [-0.39, 0.29) is 5.82 Å². The van der Waals surface area contributed by atoms with Crippen LogP contribution in [0.5, 0.6) is 0 Å². The van der Waals surface area contributed by atoms with E-state index in [4.69, 9.17) is 0 Å². The van der Waals surface area contributed by atoms with Crippen LogP contribution < -0.4 is 4.84 Å². The molecule has 0 aliphatic rings. The van der Waals surface area contributed by atoms with Gasteiger partial charge in [0.2, 0.25) is 6.33 Å². The molecule has 0 aliphatic heterocycles. The summed E-state index contributed by atoms with van der Waals surface area (Å²) in [7, 11) is 1.39. The van der Waals surface area contributed by atoms with Gasteiger partial charge in [-0.25, -0.2) is 0 Å². The summed E-state index contributed by atoms with van der Waals surface area (Å²) in [5, 5.41) is 10.0. The minimum absolute atomic E-state index is 0.221. The molecule has 0 radical (unpaired) electrons. The van der Waals surface area contributed by atoms with Crippen molar-refractivity contribution in [1.29, 1.82) is 0 Å². The van der Waals surface area contributed by atoms with Crippen molar-refractivity contribution in [2.75, 3.05) is 7.11 Å². The van der Waals surface area contributed by atoms with Gasteiger partial charge in [-0.1, -0.05) is 0 Å². The van der Waals surface area contributed by atoms with Crippen LogP contribution in [0.1, 0.15) is 0 Å². The number of imidazole rings is 1. The van der Waals surface area contributed by atoms with Crippen LogP contribution in [-0.2, 0) is 0 Å². The molecule has 1 heterocycles. The molecule has 0 atom stereocenters. The van der Waals surface area contributed by atoms with Gasteiger partial charge >= 0.3 is 5.82 Å². The Kier molecular flexibility index (Phi) is 1.53. The summed E-state index contributed by atoms with van der Waals surface area (Å²) in [6.07, 6.45) is 2.40. The number of hydrogen-bond acceptors (Lipinski definition) is 4. The van der Waals surface area contributed by atoms with E-state index >= 15 is 0 Å². The molecule has 6 heteroatoms. The molecule has 0 aromatic carbocycles. The third-order valence-electron chi connectivity index (χ3n) is 0.944. The van der Waals surface area contributed by atoms with Gasteiger partial charge < -0.3 is 15.0 Å². The summed E-state index contributed by atoms with van der Waals surface area (Å²) in [5.74, 6) is -0.221. The van der Waals surface area contributed by atoms with Crippen molar-refractivity contribution in [2.24, 2.45) is 0 Å². The first-order valence-corrected chi connectivity index (χ1v) is 2.47. The normalized spacial score (nSPS) is 9.30. The predicted molar refractivity (Wildman–Crippen MR) is 31.4 cm³/mol. The van der Waals surface area contributed by atoms with E-state index in [1.165, 1.54) is 19.6 Å². The minimum Gasteiger partial charge on any atom is -0.414 e. The molecule has 0 saturated carbocycles. The van der Waals surface area contributed by atoms with Gasteiger partial charge in [0.25, 0.3) is 0 Å². The number of rotatable bonds is 2. The monoisotopic (exact) mass is 143 g/mol. The van der Waals surface area contributed by atoms with Crippen LogP contribution >= 0.6 is 0 Å². The number of aromatic nitrogens is 2. The molecule has 54 valence electrons. The topological polar surface area (TPSA) is 70.2 Å². The maximum absolute atomic E-state index is 10.0. The number of nitro groups is 1. The van der Waals surface area contributed by atoms with Crippen molar-refractivity contribution in [3.05, 3.63) is 22.6 Å². The van der Waals surface area contributed by atoms with Crippen molar-refractivity contribution >= 4 is 5.82 Å². The Morgan fingerprint density at radius 2 is 2.60 bits per heavy atom. The van der Waals surface area contributed by atoms with Gasteiger partial charge in [-0.05, 0) is 9.91 Å². The second-order valence-corrected chi connectivity index (χ2v) is 1.53. The highest BCUT2D eigenvalue weighted by atomic mass is 16.7. The Balaban J connectivity index is 2.88. The molecule has 0 N–H and O–H groups in total. The van der Waals surface area contributed by atoms with Crippen LogP contribution in [0.4, 0.5) is 5.82 Å². The van der Waals surface area contributed by atoms with Crippen molar-refractivity contribution in [1.82, 2.24) is 9.71 Å². The molecule has 0 amide bonds. The first-order valence-electron chi connectivity index (χ1n) is 2.47. The van der Waals surface area contributed by atoms with Crippen LogP contribution in [0.25, 0.3) is 0 Å². The van der Waals surface area contributed by atoms with Gasteiger partial charge in [-0.2, -0.15) is 0 Å². The molecule has 0 bridgehead atoms. The van der Waals surface area contributed by atoms with E-state index in [0.29, 0.717) is 0 Å². The van der Waals surface area contributed by atoms with E-state index in [0.717, 1.165) is 4.73 Å². The quantitative estimate of drug-likeness (QED) is 0.426. The van der Waals surface area contributed by atoms with E-state index in [9.17, 15) is 10.1 Å². The van der Waals surface area contributed by atoms with Crippen molar-refractivity contribution in [3.63, 3.8) is 0 Å². The zero-order valence-corrected chi connectivity index (χ0v) is 5.22. The lowest BCUT2D eigenvalue weighted by molar-refractivity contribution is -0.389. The molecule has 1 rings (SSSR count). The Hall–Kier alpha value is -1.59. The van der Waals surface area contributed by atoms with Gasteiger partial charge in [0.15, 0.2) is 0 Å². The standard InChI is InChI=1S/C4H5N3O3/c1-10-6-2-4(5-3-6)7(8)9/h2-3H,1H3. The fraction of sp³-hybridized carbons (Fsp3) is 0.250. The third kappa shape index (κ3) is 1.04. The molecule has 6 nitrogen and oxygen atoms in total. The molecule has 0 unspecified atom stereocenters. The molecule has 0 fully saturated rings. The van der Waals surface area contributed by atoms with Crippen molar-refractivity contribution < 1.29 is 9.76 Å². The van der Waals surface area contributed by atoms with Crippen LogP contribution in [0.15, 0.2) is 12.5 Å².